The number of ether oxygens (including phenoxy) is 1. The van der Waals surface area contributed by atoms with Gasteiger partial charge in [-0.1, -0.05) is 19.0 Å². The lowest BCUT2D eigenvalue weighted by Gasteiger charge is -2.00. The first kappa shape index (κ1) is 9.19. The highest BCUT2D eigenvalue weighted by Gasteiger charge is 2.14. The summed E-state index contributed by atoms with van der Waals surface area (Å²) in [4.78, 5) is 4.18. The lowest BCUT2D eigenvalue weighted by Crippen LogP contribution is -1.96. The molecule has 0 amide bonds. The molecule has 0 radical (unpaired) electrons. The Labute approximate surface area is 71.9 Å². The molecular formula is C8H14N2O2. The molecule has 0 aromatic carbocycles. The molecule has 1 aromatic heterocycles. The van der Waals surface area contributed by atoms with Gasteiger partial charge >= 0.3 is 0 Å². The Morgan fingerprint density at radius 3 is 2.42 bits per heavy atom. The first-order chi connectivity index (χ1) is 5.65. The normalized spacial score (nSPS) is 13.8. The van der Waals surface area contributed by atoms with Gasteiger partial charge in [0, 0.05) is 13.0 Å². The Morgan fingerprint density at radius 2 is 2.00 bits per heavy atom. The second-order valence-corrected chi connectivity index (χ2v) is 3.02. The fourth-order valence-electron chi connectivity index (χ4n) is 0.748. The molecule has 0 N–H and O–H groups in total. The van der Waals surface area contributed by atoms with E-state index in [-0.39, 0.29) is 6.10 Å². The number of methoxy groups -OCH3 is 1. The van der Waals surface area contributed by atoms with Crippen molar-refractivity contribution in [1.82, 2.24) is 10.1 Å². The molecule has 0 saturated carbocycles. The number of hydrogen-bond acceptors (Lipinski definition) is 4. The smallest absolute Gasteiger partial charge is 0.255 e. The minimum absolute atomic E-state index is 0.120. The molecule has 12 heavy (non-hydrogen) atoms. The van der Waals surface area contributed by atoms with Gasteiger partial charge in [0.2, 0.25) is 0 Å². The van der Waals surface area contributed by atoms with Gasteiger partial charge in [0.05, 0.1) is 0 Å². The van der Waals surface area contributed by atoms with E-state index in [2.05, 4.69) is 10.1 Å². The molecule has 4 heteroatoms. The standard InChI is InChI=1S/C8H14N2O2/c1-5(2)7-9-8(12-10-7)6(3)11-4/h5-6H,1-4H3. The summed E-state index contributed by atoms with van der Waals surface area (Å²) in [6.45, 7) is 5.91. The minimum atomic E-state index is -0.120. The third-order valence-corrected chi connectivity index (χ3v) is 1.68. The van der Waals surface area contributed by atoms with E-state index in [4.69, 9.17) is 9.26 Å². The van der Waals surface area contributed by atoms with Crippen molar-refractivity contribution in [3.63, 3.8) is 0 Å². The van der Waals surface area contributed by atoms with Crippen LogP contribution in [0.15, 0.2) is 4.52 Å². The zero-order valence-corrected chi connectivity index (χ0v) is 7.87. The molecule has 0 fully saturated rings. The SMILES string of the molecule is COC(C)c1nc(C(C)C)no1. The van der Waals surface area contributed by atoms with Crippen molar-refractivity contribution in [1.29, 1.82) is 0 Å². The van der Waals surface area contributed by atoms with Gasteiger partial charge in [-0.05, 0) is 6.92 Å². The molecule has 1 atom stereocenters. The topological polar surface area (TPSA) is 48.2 Å². The Bertz CT molecular complexity index is 245. The van der Waals surface area contributed by atoms with Crippen molar-refractivity contribution >= 4 is 0 Å². The van der Waals surface area contributed by atoms with Crippen molar-refractivity contribution < 1.29 is 9.26 Å². The number of hydrogen-bond donors (Lipinski definition) is 0. The second-order valence-electron chi connectivity index (χ2n) is 3.02. The van der Waals surface area contributed by atoms with Crippen LogP contribution in [0.2, 0.25) is 0 Å². The van der Waals surface area contributed by atoms with E-state index in [1.54, 1.807) is 7.11 Å². The highest BCUT2D eigenvalue weighted by molar-refractivity contribution is 4.93. The molecule has 0 aliphatic heterocycles. The van der Waals surface area contributed by atoms with E-state index < -0.39 is 0 Å². The van der Waals surface area contributed by atoms with E-state index in [0.29, 0.717) is 11.8 Å². The summed E-state index contributed by atoms with van der Waals surface area (Å²) in [5.74, 6) is 1.57. The maximum Gasteiger partial charge on any atom is 0.255 e. The van der Waals surface area contributed by atoms with Gasteiger partial charge in [-0.2, -0.15) is 4.98 Å². The quantitative estimate of drug-likeness (QED) is 0.695. The van der Waals surface area contributed by atoms with Crippen LogP contribution in [0, 0.1) is 0 Å². The zero-order chi connectivity index (χ0) is 9.14. The fourth-order valence-corrected chi connectivity index (χ4v) is 0.748. The molecule has 4 nitrogen and oxygen atoms in total. The average Bonchev–Trinajstić information content (AvgIpc) is 2.51. The van der Waals surface area contributed by atoms with Crippen molar-refractivity contribution in [2.75, 3.05) is 7.11 Å². The summed E-state index contributed by atoms with van der Waals surface area (Å²) in [5, 5.41) is 3.82. The Balaban J connectivity index is 2.77. The molecule has 0 bridgehead atoms. The van der Waals surface area contributed by atoms with Crippen LogP contribution in [-0.2, 0) is 4.74 Å². The lowest BCUT2D eigenvalue weighted by atomic mass is 10.2. The fraction of sp³-hybridized carbons (Fsp3) is 0.750. The van der Waals surface area contributed by atoms with Crippen LogP contribution in [0.4, 0.5) is 0 Å². The van der Waals surface area contributed by atoms with Gasteiger partial charge in [-0.15, -0.1) is 0 Å². The summed E-state index contributed by atoms with van der Waals surface area (Å²) in [7, 11) is 1.61. The third kappa shape index (κ3) is 1.82. The van der Waals surface area contributed by atoms with Crippen LogP contribution >= 0.6 is 0 Å². The summed E-state index contributed by atoms with van der Waals surface area (Å²) >= 11 is 0. The number of nitrogens with zero attached hydrogens (tertiary/aromatic N) is 2. The summed E-state index contributed by atoms with van der Waals surface area (Å²) in [6, 6.07) is 0. The van der Waals surface area contributed by atoms with Crippen LogP contribution in [0.25, 0.3) is 0 Å². The van der Waals surface area contributed by atoms with Gasteiger partial charge in [-0.3, -0.25) is 0 Å². The molecule has 1 aromatic rings. The van der Waals surface area contributed by atoms with Gasteiger partial charge in [0.1, 0.15) is 6.10 Å². The third-order valence-electron chi connectivity index (χ3n) is 1.68. The van der Waals surface area contributed by atoms with E-state index in [1.807, 2.05) is 20.8 Å². The summed E-state index contributed by atoms with van der Waals surface area (Å²) in [5.41, 5.74) is 0. The molecular weight excluding hydrogens is 156 g/mol. The van der Waals surface area contributed by atoms with Crippen molar-refractivity contribution in [2.45, 2.75) is 32.8 Å². The predicted molar refractivity (Wildman–Crippen MR) is 43.8 cm³/mol. The van der Waals surface area contributed by atoms with Crippen LogP contribution in [0.3, 0.4) is 0 Å². The second kappa shape index (κ2) is 3.67. The number of aromatic nitrogens is 2. The van der Waals surface area contributed by atoms with Crippen molar-refractivity contribution in [3.05, 3.63) is 11.7 Å². The molecule has 0 spiro atoms. The molecule has 1 rings (SSSR count). The monoisotopic (exact) mass is 170 g/mol. The van der Waals surface area contributed by atoms with E-state index >= 15 is 0 Å². The molecule has 1 heterocycles. The van der Waals surface area contributed by atoms with Gasteiger partial charge in [-0.25, -0.2) is 0 Å². The lowest BCUT2D eigenvalue weighted by molar-refractivity contribution is 0.0886. The van der Waals surface area contributed by atoms with Gasteiger partial charge in [0.15, 0.2) is 5.82 Å². The minimum Gasteiger partial charge on any atom is -0.372 e. The Hall–Kier alpha value is -0.900. The van der Waals surface area contributed by atoms with Crippen LogP contribution < -0.4 is 0 Å². The molecule has 0 aliphatic rings. The molecule has 0 saturated heterocycles. The molecule has 0 aliphatic carbocycles. The first-order valence-corrected chi connectivity index (χ1v) is 4.01. The highest BCUT2D eigenvalue weighted by atomic mass is 16.5. The Morgan fingerprint density at radius 1 is 1.33 bits per heavy atom. The maximum atomic E-state index is 5.03. The van der Waals surface area contributed by atoms with Crippen LogP contribution in [0.1, 0.15) is 44.5 Å². The molecule has 1 unspecified atom stereocenters. The highest BCUT2D eigenvalue weighted by Crippen LogP contribution is 2.16. The first-order valence-electron chi connectivity index (χ1n) is 4.01. The van der Waals surface area contributed by atoms with E-state index in [9.17, 15) is 0 Å². The van der Waals surface area contributed by atoms with Crippen molar-refractivity contribution in [3.8, 4) is 0 Å². The Kier molecular flexibility index (Phi) is 2.81. The van der Waals surface area contributed by atoms with E-state index in [1.165, 1.54) is 0 Å². The summed E-state index contributed by atoms with van der Waals surface area (Å²) in [6.07, 6.45) is -0.120. The van der Waals surface area contributed by atoms with Crippen LogP contribution in [-0.4, -0.2) is 17.3 Å². The predicted octanol–water partition coefficient (Wildman–Crippen LogP) is 1.90. The average molecular weight is 170 g/mol. The van der Waals surface area contributed by atoms with Gasteiger partial charge < -0.3 is 9.26 Å². The maximum absolute atomic E-state index is 5.03. The van der Waals surface area contributed by atoms with Crippen LogP contribution in [0.5, 0.6) is 0 Å². The van der Waals surface area contributed by atoms with Crippen molar-refractivity contribution in [2.24, 2.45) is 0 Å². The number of rotatable bonds is 3. The zero-order valence-electron chi connectivity index (χ0n) is 7.87. The summed E-state index contributed by atoms with van der Waals surface area (Å²) < 4.78 is 10.0. The van der Waals surface area contributed by atoms with Gasteiger partial charge in [0.25, 0.3) is 5.89 Å². The molecule has 68 valence electrons. The largest absolute Gasteiger partial charge is 0.372 e. The van der Waals surface area contributed by atoms with E-state index in [0.717, 1.165) is 5.82 Å².